The van der Waals surface area contributed by atoms with E-state index in [-0.39, 0.29) is 43.0 Å². The van der Waals surface area contributed by atoms with Crippen molar-refractivity contribution in [2.24, 2.45) is 17.8 Å². The Balaban J connectivity index is 2.05. The molecule has 8 heteroatoms. The normalized spacial score (nSPS) is 18.8. The van der Waals surface area contributed by atoms with Crippen LogP contribution >= 0.6 is 0 Å². The lowest BCUT2D eigenvalue weighted by Gasteiger charge is -2.16. The molecule has 0 aromatic rings. The molecule has 1 saturated carbocycles. The molecule has 0 aromatic carbocycles. The third kappa shape index (κ3) is 27.2. The van der Waals surface area contributed by atoms with Gasteiger partial charge in [-0.15, -0.1) is 0 Å². The summed E-state index contributed by atoms with van der Waals surface area (Å²) in [4.78, 5) is 36.9. The van der Waals surface area contributed by atoms with Crippen molar-refractivity contribution in [1.82, 2.24) is 0 Å². The van der Waals surface area contributed by atoms with Crippen LogP contribution in [0.3, 0.4) is 0 Å². The summed E-state index contributed by atoms with van der Waals surface area (Å²) in [5, 5.41) is 30.2. The number of ether oxygens (including phenoxy) is 2. The Labute approximate surface area is 324 Å². The van der Waals surface area contributed by atoms with Crippen molar-refractivity contribution in [2.75, 3.05) is 13.2 Å². The first kappa shape index (κ1) is 49.0. The van der Waals surface area contributed by atoms with Crippen molar-refractivity contribution in [1.29, 1.82) is 0 Å². The van der Waals surface area contributed by atoms with E-state index in [1.807, 2.05) is 12.2 Å². The van der Waals surface area contributed by atoms with E-state index < -0.39 is 30.9 Å². The van der Waals surface area contributed by atoms with E-state index in [0.29, 0.717) is 32.1 Å². The van der Waals surface area contributed by atoms with Crippen molar-refractivity contribution in [3.63, 3.8) is 0 Å². The zero-order chi connectivity index (χ0) is 38.9. The molecule has 1 fully saturated rings. The number of unbranched alkanes of at least 4 members (excludes halogenated alkanes) is 18. The average Bonchev–Trinajstić information content (AvgIpc) is 3.40. The maximum absolute atomic E-state index is 12.5. The number of esters is 2. The number of aliphatic hydroxyl groups excluding tert-OH is 3. The van der Waals surface area contributed by atoms with Crippen LogP contribution in [0.25, 0.3) is 0 Å². The quantitative estimate of drug-likeness (QED) is 0.0332. The van der Waals surface area contributed by atoms with Crippen LogP contribution in [0.1, 0.15) is 194 Å². The van der Waals surface area contributed by atoms with Crippen molar-refractivity contribution < 1.29 is 39.2 Å². The van der Waals surface area contributed by atoms with Crippen molar-refractivity contribution >= 4 is 17.7 Å². The van der Waals surface area contributed by atoms with Gasteiger partial charge in [0.2, 0.25) is 0 Å². The Hall–Kier alpha value is -2.03. The van der Waals surface area contributed by atoms with E-state index in [1.165, 1.54) is 89.9 Å². The van der Waals surface area contributed by atoms with Crippen molar-refractivity contribution in [3.8, 4) is 0 Å². The molecule has 53 heavy (non-hydrogen) atoms. The molecule has 5 atom stereocenters. The molecule has 1 aliphatic carbocycles. The summed E-state index contributed by atoms with van der Waals surface area (Å²) in [5.74, 6) is -0.532. The number of Topliss-reactive ketones (excluding diaryl/α,β-unsaturated/α-hetero) is 1. The van der Waals surface area contributed by atoms with Gasteiger partial charge in [0, 0.05) is 31.1 Å². The van der Waals surface area contributed by atoms with Crippen molar-refractivity contribution in [3.05, 3.63) is 24.3 Å². The maximum Gasteiger partial charge on any atom is 0.306 e. The van der Waals surface area contributed by atoms with Gasteiger partial charge in [0.1, 0.15) is 12.4 Å². The van der Waals surface area contributed by atoms with Crippen LogP contribution < -0.4 is 0 Å². The van der Waals surface area contributed by atoms with E-state index in [9.17, 15) is 29.7 Å². The SMILES string of the molecule is CCCCC[C@H](O)/C=C/[C@H]1[C@H](O)CC(=O)[C@@H]1C/C=C\CCCC(=O)O[C@@H](CO)COC(=O)CCCCCCCCCCCCCCCCCCC(C)C. The molecule has 0 unspecified atom stereocenters. The number of allylic oxidation sites excluding steroid dienone is 2. The van der Waals surface area contributed by atoms with Gasteiger partial charge in [-0.3, -0.25) is 14.4 Å². The largest absolute Gasteiger partial charge is 0.462 e. The van der Waals surface area contributed by atoms with Gasteiger partial charge >= 0.3 is 11.9 Å². The highest BCUT2D eigenvalue weighted by Gasteiger charge is 2.39. The van der Waals surface area contributed by atoms with E-state index in [0.717, 1.165) is 44.4 Å². The molecule has 1 aliphatic rings. The van der Waals surface area contributed by atoms with Crippen molar-refractivity contribution in [2.45, 2.75) is 212 Å². The van der Waals surface area contributed by atoms with Crippen LogP contribution in [0.5, 0.6) is 0 Å². The summed E-state index contributed by atoms with van der Waals surface area (Å²) >= 11 is 0. The van der Waals surface area contributed by atoms with E-state index in [4.69, 9.17) is 9.47 Å². The molecule has 0 bridgehead atoms. The fraction of sp³-hybridized carbons (Fsp3) is 0.844. The van der Waals surface area contributed by atoms with E-state index in [1.54, 1.807) is 12.2 Å². The van der Waals surface area contributed by atoms with Crippen LogP contribution in [0, 0.1) is 17.8 Å². The summed E-state index contributed by atoms with van der Waals surface area (Å²) in [6.45, 7) is 6.18. The number of carbonyl (C=O) groups excluding carboxylic acids is 3. The highest BCUT2D eigenvalue weighted by Crippen LogP contribution is 2.33. The second-order valence-corrected chi connectivity index (χ2v) is 16.0. The highest BCUT2D eigenvalue weighted by molar-refractivity contribution is 5.84. The van der Waals surface area contributed by atoms with E-state index >= 15 is 0 Å². The molecule has 3 N–H and O–H groups in total. The Morgan fingerprint density at radius 1 is 0.755 bits per heavy atom. The summed E-state index contributed by atoms with van der Waals surface area (Å²) < 4.78 is 10.6. The van der Waals surface area contributed by atoms with Crippen LogP contribution in [-0.2, 0) is 23.9 Å². The lowest BCUT2D eigenvalue weighted by molar-refractivity contribution is -0.161. The van der Waals surface area contributed by atoms with Gasteiger partial charge in [-0.25, -0.2) is 0 Å². The fourth-order valence-corrected chi connectivity index (χ4v) is 7.13. The first-order valence-electron chi connectivity index (χ1n) is 21.9. The first-order chi connectivity index (χ1) is 25.7. The molecule has 0 heterocycles. The van der Waals surface area contributed by atoms with Gasteiger partial charge in [-0.1, -0.05) is 167 Å². The Morgan fingerprint density at radius 3 is 1.87 bits per heavy atom. The lowest BCUT2D eigenvalue weighted by Crippen LogP contribution is -2.28. The molecule has 0 aliphatic heterocycles. The molecular weight excluding hydrogens is 668 g/mol. The predicted octanol–water partition coefficient (Wildman–Crippen LogP) is 10.3. The molecule has 0 radical (unpaired) electrons. The lowest BCUT2D eigenvalue weighted by atomic mass is 9.90. The standard InChI is InChI=1S/C45H80O8/c1-4-5-22-28-38(47)32-33-41-40(42(48)34-43(41)49)29-24-20-21-26-31-45(51)53-39(35-46)36-52-44(50)30-25-19-17-15-13-11-9-7-6-8-10-12-14-16-18-23-27-37(2)3/h20,24,32-33,37-41,43,46-47,49H,4-19,21-23,25-31,34-36H2,1-3H3/b24-20-,33-32+/t38-,39-,40+,41+,43+/m0/s1. The monoisotopic (exact) mass is 749 g/mol. The Kier molecular flexibility index (Phi) is 30.8. The number of ketones is 1. The summed E-state index contributed by atoms with van der Waals surface area (Å²) in [6, 6.07) is 0. The van der Waals surface area contributed by atoms with Crippen LogP contribution in [0.2, 0.25) is 0 Å². The fourth-order valence-electron chi connectivity index (χ4n) is 7.13. The molecule has 0 aromatic heterocycles. The number of hydrogen-bond donors (Lipinski definition) is 3. The van der Waals surface area contributed by atoms with Gasteiger partial charge < -0.3 is 24.8 Å². The second-order valence-electron chi connectivity index (χ2n) is 16.0. The summed E-state index contributed by atoms with van der Waals surface area (Å²) in [5.41, 5.74) is 0. The van der Waals surface area contributed by atoms with Gasteiger partial charge in [0.15, 0.2) is 6.10 Å². The molecule has 1 rings (SSSR count). The van der Waals surface area contributed by atoms with E-state index in [2.05, 4.69) is 20.8 Å². The third-order valence-corrected chi connectivity index (χ3v) is 10.5. The predicted molar refractivity (Wildman–Crippen MR) is 215 cm³/mol. The van der Waals surface area contributed by atoms with Crippen LogP contribution in [0.15, 0.2) is 24.3 Å². The first-order valence-corrected chi connectivity index (χ1v) is 21.9. The van der Waals surface area contributed by atoms with Gasteiger partial charge in [0.05, 0.1) is 18.8 Å². The topological polar surface area (TPSA) is 130 Å². The zero-order valence-electron chi connectivity index (χ0n) is 34.2. The smallest absolute Gasteiger partial charge is 0.306 e. The summed E-state index contributed by atoms with van der Waals surface area (Å²) in [6.07, 6.45) is 33.2. The Morgan fingerprint density at radius 2 is 1.30 bits per heavy atom. The molecule has 0 saturated heterocycles. The molecule has 308 valence electrons. The minimum absolute atomic E-state index is 0.0295. The molecular formula is C45H80O8. The molecule has 8 nitrogen and oxygen atoms in total. The molecule has 0 amide bonds. The van der Waals surface area contributed by atoms with Gasteiger partial charge in [-0.2, -0.15) is 0 Å². The zero-order valence-corrected chi connectivity index (χ0v) is 34.2. The minimum atomic E-state index is -0.874. The third-order valence-electron chi connectivity index (χ3n) is 10.5. The van der Waals surface area contributed by atoms with Crippen LogP contribution in [-0.4, -0.2) is 64.6 Å². The van der Waals surface area contributed by atoms with Crippen LogP contribution in [0.4, 0.5) is 0 Å². The van der Waals surface area contributed by atoms with Gasteiger partial charge in [-0.05, 0) is 38.0 Å². The van der Waals surface area contributed by atoms with Gasteiger partial charge in [0.25, 0.3) is 0 Å². The average molecular weight is 749 g/mol. The number of carbonyl (C=O) groups is 3. The minimum Gasteiger partial charge on any atom is -0.462 e. The Bertz CT molecular complexity index is 976. The highest BCUT2D eigenvalue weighted by atomic mass is 16.6. The molecule has 0 spiro atoms. The summed E-state index contributed by atoms with van der Waals surface area (Å²) in [7, 11) is 0. The number of aliphatic hydroxyl groups is 3. The number of hydrogen-bond acceptors (Lipinski definition) is 8. The number of rotatable bonds is 35. The second kappa shape index (κ2) is 33.3. The maximum atomic E-state index is 12.5.